The van der Waals surface area contributed by atoms with Crippen LogP contribution in [-0.4, -0.2) is 11.4 Å². The molecule has 4 heteroatoms. The van der Waals surface area contributed by atoms with Crippen LogP contribution in [0.25, 0.3) is 0 Å². The number of primary amides is 1. The van der Waals surface area contributed by atoms with Crippen molar-refractivity contribution in [1.29, 1.82) is 0 Å². The molecule has 3 rings (SSSR count). The van der Waals surface area contributed by atoms with Crippen LogP contribution < -0.4 is 11.1 Å². The largest absolute Gasteiger partial charge is 0.371 e. The van der Waals surface area contributed by atoms with E-state index in [1.165, 1.54) is 19.3 Å². The number of amides is 1. The molecule has 0 radical (unpaired) electrons. The highest BCUT2D eigenvalue weighted by Gasteiger charge is 2.45. The second kappa shape index (κ2) is 5.28. The normalized spacial score (nSPS) is 29.9. The van der Waals surface area contributed by atoms with Crippen LogP contribution in [0, 0.1) is 11.8 Å². The first-order chi connectivity index (χ1) is 9.59. The van der Waals surface area contributed by atoms with Crippen LogP contribution in [0.1, 0.15) is 38.5 Å². The smallest absolute Gasteiger partial charge is 0.243 e. The zero-order valence-corrected chi connectivity index (χ0v) is 12.3. The van der Waals surface area contributed by atoms with Gasteiger partial charge in [-0.3, -0.25) is 4.79 Å². The summed E-state index contributed by atoms with van der Waals surface area (Å²) in [6.07, 6.45) is 6.61. The van der Waals surface area contributed by atoms with Crippen molar-refractivity contribution in [2.75, 3.05) is 5.32 Å². The quantitative estimate of drug-likeness (QED) is 0.891. The summed E-state index contributed by atoms with van der Waals surface area (Å²) in [4.78, 5) is 12.1. The summed E-state index contributed by atoms with van der Waals surface area (Å²) in [6, 6.07) is 7.52. The third-order valence-electron chi connectivity index (χ3n) is 4.76. The summed E-state index contributed by atoms with van der Waals surface area (Å²) in [5.74, 6) is 1.22. The van der Waals surface area contributed by atoms with Gasteiger partial charge in [0.1, 0.15) is 5.54 Å². The van der Waals surface area contributed by atoms with Gasteiger partial charge >= 0.3 is 0 Å². The Kier molecular flexibility index (Phi) is 3.63. The molecule has 3 N–H and O–H groups in total. The summed E-state index contributed by atoms with van der Waals surface area (Å²) in [7, 11) is 0. The molecule has 1 amide bonds. The molecule has 2 aliphatic rings. The van der Waals surface area contributed by atoms with Crippen molar-refractivity contribution in [1.82, 2.24) is 0 Å². The molecule has 0 aromatic heterocycles. The average Bonchev–Trinajstić information content (AvgIpc) is 3.23. The van der Waals surface area contributed by atoms with Crippen molar-refractivity contribution in [2.24, 2.45) is 17.6 Å². The number of benzene rings is 1. The summed E-state index contributed by atoms with van der Waals surface area (Å²) in [6.45, 7) is 0. The van der Waals surface area contributed by atoms with Crippen LogP contribution in [-0.2, 0) is 4.79 Å². The summed E-state index contributed by atoms with van der Waals surface area (Å²) >= 11 is 6.02. The van der Waals surface area contributed by atoms with Crippen LogP contribution >= 0.6 is 11.6 Å². The Bertz CT molecular complexity index is 515. The highest BCUT2D eigenvalue weighted by atomic mass is 35.5. The van der Waals surface area contributed by atoms with Gasteiger partial charge in [0.15, 0.2) is 0 Å². The molecule has 2 fully saturated rings. The van der Waals surface area contributed by atoms with Gasteiger partial charge in [-0.25, -0.2) is 0 Å². The number of hydrogen-bond donors (Lipinski definition) is 2. The molecular weight excluding hydrogens is 272 g/mol. The lowest BCUT2D eigenvalue weighted by Gasteiger charge is -2.40. The Morgan fingerprint density at radius 1 is 1.30 bits per heavy atom. The highest BCUT2D eigenvalue weighted by Crippen LogP contribution is 2.47. The van der Waals surface area contributed by atoms with Crippen molar-refractivity contribution in [2.45, 2.75) is 44.1 Å². The topological polar surface area (TPSA) is 55.1 Å². The number of hydrogen-bond acceptors (Lipinski definition) is 2. The highest BCUT2D eigenvalue weighted by molar-refractivity contribution is 6.30. The van der Waals surface area contributed by atoms with E-state index < -0.39 is 5.54 Å². The predicted octanol–water partition coefficient (Wildman–Crippen LogP) is 3.58. The van der Waals surface area contributed by atoms with Gasteiger partial charge in [0.05, 0.1) is 0 Å². The fraction of sp³-hybridized carbons (Fsp3) is 0.562. The van der Waals surface area contributed by atoms with Crippen molar-refractivity contribution in [3.63, 3.8) is 0 Å². The maximum absolute atomic E-state index is 12.1. The van der Waals surface area contributed by atoms with E-state index in [0.717, 1.165) is 30.9 Å². The SMILES string of the molecule is NC(=O)C1(Nc2cccc(Cl)c2)CCCC(C2CC2)C1. The van der Waals surface area contributed by atoms with Gasteiger partial charge in [-0.1, -0.05) is 24.1 Å². The molecule has 2 atom stereocenters. The summed E-state index contributed by atoms with van der Waals surface area (Å²) in [5, 5.41) is 4.06. The number of nitrogens with two attached hydrogens (primary N) is 1. The number of rotatable bonds is 4. The first-order valence-corrected chi connectivity index (χ1v) is 7.80. The van der Waals surface area contributed by atoms with Gasteiger partial charge in [-0.05, 0) is 62.1 Å². The van der Waals surface area contributed by atoms with Crippen molar-refractivity contribution < 1.29 is 4.79 Å². The van der Waals surface area contributed by atoms with Crippen molar-refractivity contribution in [3.8, 4) is 0 Å². The molecule has 0 bridgehead atoms. The zero-order valence-electron chi connectivity index (χ0n) is 11.6. The third kappa shape index (κ3) is 2.78. The molecule has 1 aromatic rings. The molecule has 3 nitrogen and oxygen atoms in total. The monoisotopic (exact) mass is 292 g/mol. The third-order valence-corrected chi connectivity index (χ3v) is 4.99. The molecule has 0 heterocycles. The Balaban J connectivity index is 1.81. The maximum atomic E-state index is 12.1. The molecule has 2 unspecified atom stereocenters. The van der Waals surface area contributed by atoms with Gasteiger partial charge in [-0.15, -0.1) is 0 Å². The number of anilines is 1. The van der Waals surface area contributed by atoms with Crippen LogP contribution in [0.2, 0.25) is 5.02 Å². The number of halogens is 1. The van der Waals surface area contributed by atoms with E-state index in [1.807, 2.05) is 24.3 Å². The van der Waals surface area contributed by atoms with Gasteiger partial charge in [0.2, 0.25) is 5.91 Å². The first-order valence-electron chi connectivity index (χ1n) is 7.43. The molecule has 1 aromatic carbocycles. The van der Waals surface area contributed by atoms with Crippen molar-refractivity contribution in [3.05, 3.63) is 29.3 Å². The predicted molar refractivity (Wildman–Crippen MR) is 81.7 cm³/mol. The molecule has 20 heavy (non-hydrogen) atoms. The van der Waals surface area contributed by atoms with E-state index >= 15 is 0 Å². The maximum Gasteiger partial charge on any atom is 0.243 e. The van der Waals surface area contributed by atoms with Crippen LogP contribution in [0.5, 0.6) is 0 Å². The second-order valence-corrected chi connectivity index (χ2v) is 6.71. The fourth-order valence-corrected chi connectivity index (χ4v) is 3.72. The minimum Gasteiger partial charge on any atom is -0.371 e. The van der Waals surface area contributed by atoms with Gasteiger partial charge < -0.3 is 11.1 Å². The molecule has 2 saturated carbocycles. The fourth-order valence-electron chi connectivity index (χ4n) is 3.53. The van der Waals surface area contributed by atoms with Crippen LogP contribution in [0.3, 0.4) is 0 Å². The number of carbonyl (C=O) groups excluding carboxylic acids is 1. The molecular formula is C16H21ClN2O. The van der Waals surface area contributed by atoms with E-state index in [1.54, 1.807) is 0 Å². The zero-order chi connectivity index (χ0) is 14.2. The van der Waals surface area contributed by atoms with E-state index in [9.17, 15) is 4.79 Å². The van der Waals surface area contributed by atoms with Gasteiger partial charge in [-0.2, -0.15) is 0 Å². The lowest BCUT2D eigenvalue weighted by Crippen LogP contribution is -2.53. The minimum atomic E-state index is -0.601. The lowest BCUT2D eigenvalue weighted by atomic mass is 9.73. The van der Waals surface area contributed by atoms with Gasteiger partial charge in [0.25, 0.3) is 0 Å². The molecule has 0 aliphatic heterocycles. The molecule has 108 valence electrons. The van der Waals surface area contributed by atoms with Gasteiger partial charge in [0, 0.05) is 10.7 Å². The van der Waals surface area contributed by atoms with E-state index in [0.29, 0.717) is 10.9 Å². The second-order valence-electron chi connectivity index (χ2n) is 6.28. The van der Waals surface area contributed by atoms with Crippen molar-refractivity contribution >= 4 is 23.2 Å². The molecule has 2 aliphatic carbocycles. The average molecular weight is 293 g/mol. The summed E-state index contributed by atoms with van der Waals surface area (Å²) < 4.78 is 0. The number of nitrogens with one attached hydrogen (secondary N) is 1. The number of carbonyl (C=O) groups is 1. The van der Waals surface area contributed by atoms with E-state index in [2.05, 4.69) is 5.32 Å². The molecule has 0 saturated heterocycles. The minimum absolute atomic E-state index is 0.233. The lowest BCUT2D eigenvalue weighted by molar-refractivity contribution is -0.124. The van der Waals surface area contributed by atoms with Crippen LogP contribution in [0.4, 0.5) is 5.69 Å². The Morgan fingerprint density at radius 2 is 2.10 bits per heavy atom. The first kappa shape index (κ1) is 13.7. The Hall–Kier alpha value is -1.22. The van der Waals surface area contributed by atoms with E-state index in [4.69, 9.17) is 17.3 Å². The summed E-state index contributed by atoms with van der Waals surface area (Å²) in [5.41, 5.74) is 6.02. The standard InChI is InChI=1S/C16H21ClN2O/c17-13-4-1-5-14(9-13)19-16(15(18)20)8-2-3-12(10-16)11-6-7-11/h1,4-5,9,11-12,19H,2-3,6-8,10H2,(H2,18,20). The van der Waals surface area contributed by atoms with Crippen LogP contribution in [0.15, 0.2) is 24.3 Å². The van der Waals surface area contributed by atoms with E-state index in [-0.39, 0.29) is 5.91 Å². The molecule has 0 spiro atoms. The Morgan fingerprint density at radius 3 is 2.75 bits per heavy atom. The Labute approximate surface area is 124 Å².